The maximum absolute atomic E-state index is 12.4. The van der Waals surface area contributed by atoms with Gasteiger partial charge in [-0.25, -0.2) is 13.1 Å². The summed E-state index contributed by atoms with van der Waals surface area (Å²) >= 11 is 0. The predicted octanol–water partition coefficient (Wildman–Crippen LogP) is 1.16. The van der Waals surface area contributed by atoms with Crippen LogP contribution in [0.2, 0.25) is 0 Å². The Morgan fingerprint density at radius 3 is 2.63 bits per heavy atom. The quantitative estimate of drug-likeness (QED) is 0.726. The molecule has 0 radical (unpaired) electrons. The molecule has 1 aromatic rings. The third-order valence-corrected chi connectivity index (χ3v) is 5.26. The Hall–Kier alpha value is -1.11. The molecule has 5 nitrogen and oxygen atoms in total. The zero-order valence-corrected chi connectivity index (χ0v) is 11.8. The molecule has 0 bridgehead atoms. The van der Waals surface area contributed by atoms with Crippen molar-refractivity contribution in [2.45, 2.75) is 49.6 Å². The van der Waals surface area contributed by atoms with Crippen molar-refractivity contribution in [2.24, 2.45) is 0 Å². The molecule has 1 aliphatic rings. The second-order valence-corrected chi connectivity index (χ2v) is 6.72. The number of hydrogen-bond acceptors (Lipinski definition) is 4. The average Bonchev–Trinajstić information content (AvgIpc) is 2.31. The number of benzene rings is 1. The van der Waals surface area contributed by atoms with E-state index >= 15 is 0 Å². The van der Waals surface area contributed by atoms with Gasteiger partial charge in [0.2, 0.25) is 10.0 Å². The van der Waals surface area contributed by atoms with E-state index in [1.165, 1.54) is 0 Å². The van der Waals surface area contributed by atoms with Gasteiger partial charge in [0.05, 0.1) is 11.8 Å². The number of nitrogens with two attached hydrogens (primary N) is 1. The molecule has 1 fully saturated rings. The molecular weight excluding hydrogens is 264 g/mol. The van der Waals surface area contributed by atoms with Crippen LogP contribution < -0.4 is 10.5 Å². The second-order valence-electron chi connectivity index (χ2n) is 5.07. The second kappa shape index (κ2) is 5.48. The monoisotopic (exact) mass is 284 g/mol. The number of aryl methyl sites for hydroxylation is 1. The fourth-order valence-electron chi connectivity index (χ4n) is 2.55. The summed E-state index contributed by atoms with van der Waals surface area (Å²) in [5.74, 6) is 0. The van der Waals surface area contributed by atoms with Crippen LogP contribution in [-0.4, -0.2) is 25.7 Å². The zero-order chi connectivity index (χ0) is 14.0. The molecule has 0 spiro atoms. The smallest absolute Gasteiger partial charge is 0.243 e. The van der Waals surface area contributed by atoms with E-state index in [1.807, 2.05) is 0 Å². The summed E-state index contributed by atoms with van der Waals surface area (Å²) < 4.78 is 27.4. The number of aliphatic hydroxyl groups is 1. The highest BCUT2D eigenvalue weighted by Gasteiger charge is 2.29. The third-order valence-electron chi connectivity index (χ3n) is 3.55. The zero-order valence-electron chi connectivity index (χ0n) is 11.0. The number of rotatable bonds is 3. The lowest BCUT2D eigenvalue weighted by Crippen LogP contribution is -2.45. The van der Waals surface area contributed by atoms with E-state index in [0.717, 1.165) is 12.8 Å². The van der Waals surface area contributed by atoms with Gasteiger partial charge in [-0.1, -0.05) is 25.0 Å². The van der Waals surface area contributed by atoms with Crippen LogP contribution in [0.4, 0.5) is 5.69 Å². The molecule has 2 atom stereocenters. The fourth-order valence-corrected chi connectivity index (χ4v) is 4.21. The molecule has 2 rings (SSSR count). The lowest BCUT2D eigenvalue weighted by molar-refractivity contribution is 0.101. The Labute approximate surface area is 113 Å². The average molecular weight is 284 g/mol. The van der Waals surface area contributed by atoms with Crippen LogP contribution in [0.25, 0.3) is 0 Å². The van der Waals surface area contributed by atoms with Gasteiger partial charge >= 0.3 is 0 Å². The minimum Gasteiger partial charge on any atom is -0.398 e. The van der Waals surface area contributed by atoms with Crippen molar-refractivity contribution in [3.63, 3.8) is 0 Å². The fraction of sp³-hybridized carbons (Fsp3) is 0.538. The number of anilines is 1. The van der Waals surface area contributed by atoms with Crippen LogP contribution in [0.5, 0.6) is 0 Å². The maximum Gasteiger partial charge on any atom is 0.243 e. The van der Waals surface area contributed by atoms with Crippen LogP contribution in [-0.2, 0) is 10.0 Å². The normalized spacial score (nSPS) is 24.3. The van der Waals surface area contributed by atoms with Gasteiger partial charge in [-0.05, 0) is 31.4 Å². The summed E-state index contributed by atoms with van der Waals surface area (Å²) in [4.78, 5) is 0.118. The predicted molar refractivity (Wildman–Crippen MR) is 74.2 cm³/mol. The Bertz CT molecular complexity index is 537. The molecular formula is C13H20N2O3S. The first-order valence-corrected chi connectivity index (χ1v) is 7.95. The van der Waals surface area contributed by atoms with Crippen LogP contribution in [0.3, 0.4) is 0 Å². The summed E-state index contributed by atoms with van der Waals surface area (Å²) in [6.45, 7) is 1.71. The highest BCUT2D eigenvalue weighted by atomic mass is 32.2. The van der Waals surface area contributed by atoms with Gasteiger partial charge in [0.25, 0.3) is 0 Å². The lowest BCUT2D eigenvalue weighted by Gasteiger charge is -2.28. The molecule has 2 unspecified atom stereocenters. The minimum absolute atomic E-state index is 0.118. The van der Waals surface area contributed by atoms with Crippen LogP contribution >= 0.6 is 0 Å². The maximum atomic E-state index is 12.4. The summed E-state index contributed by atoms with van der Waals surface area (Å²) in [5.41, 5.74) is 6.61. The number of hydrogen-bond donors (Lipinski definition) is 3. The molecule has 0 amide bonds. The number of nitrogens with one attached hydrogen (secondary N) is 1. The van der Waals surface area contributed by atoms with E-state index in [9.17, 15) is 13.5 Å². The molecule has 1 saturated carbocycles. The molecule has 19 heavy (non-hydrogen) atoms. The number of sulfonamides is 1. The molecule has 6 heteroatoms. The summed E-state index contributed by atoms with van der Waals surface area (Å²) in [5, 5.41) is 9.86. The first kappa shape index (κ1) is 14.3. The van der Waals surface area contributed by atoms with Crippen LogP contribution in [0.1, 0.15) is 31.2 Å². The van der Waals surface area contributed by atoms with Crippen molar-refractivity contribution in [1.29, 1.82) is 0 Å². The van der Waals surface area contributed by atoms with Gasteiger partial charge in [0, 0.05) is 6.04 Å². The van der Waals surface area contributed by atoms with E-state index in [1.54, 1.807) is 25.1 Å². The Morgan fingerprint density at radius 2 is 2.00 bits per heavy atom. The standard InChI is InChI=1S/C13H20N2O3S/c1-9-5-4-6-10(14)13(9)19(17,18)15-11-7-2-3-8-12(11)16/h4-6,11-12,15-16H,2-3,7-8,14H2,1H3. The highest BCUT2D eigenvalue weighted by Crippen LogP contribution is 2.25. The lowest BCUT2D eigenvalue weighted by atomic mass is 9.93. The number of nitrogen functional groups attached to an aromatic ring is 1. The molecule has 1 aliphatic carbocycles. The first-order chi connectivity index (χ1) is 8.92. The Balaban J connectivity index is 2.27. The molecule has 0 heterocycles. The van der Waals surface area contributed by atoms with E-state index in [0.29, 0.717) is 18.4 Å². The molecule has 4 N–H and O–H groups in total. The van der Waals surface area contributed by atoms with Gasteiger partial charge in [-0.3, -0.25) is 0 Å². The molecule has 0 aliphatic heterocycles. The van der Waals surface area contributed by atoms with Crippen molar-refractivity contribution < 1.29 is 13.5 Å². The van der Waals surface area contributed by atoms with E-state index in [4.69, 9.17) is 5.73 Å². The van der Waals surface area contributed by atoms with E-state index in [2.05, 4.69) is 4.72 Å². The van der Waals surface area contributed by atoms with E-state index in [-0.39, 0.29) is 10.6 Å². The van der Waals surface area contributed by atoms with Gasteiger partial charge in [-0.2, -0.15) is 0 Å². The van der Waals surface area contributed by atoms with Crippen molar-refractivity contribution in [1.82, 2.24) is 4.72 Å². The van der Waals surface area contributed by atoms with Crippen molar-refractivity contribution in [3.05, 3.63) is 23.8 Å². The molecule has 1 aromatic carbocycles. The SMILES string of the molecule is Cc1cccc(N)c1S(=O)(=O)NC1CCCCC1O. The van der Waals surface area contributed by atoms with Gasteiger partial charge in [-0.15, -0.1) is 0 Å². The van der Waals surface area contributed by atoms with Crippen LogP contribution in [0.15, 0.2) is 23.1 Å². The molecule has 0 saturated heterocycles. The molecule has 106 valence electrons. The topological polar surface area (TPSA) is 92.4 Å². The summed E-state index contributed by atoms with van der Waals surface area (Å²) in [6.07, 6.45) is 2.54. The van der Waals surface area contributed by atoms with Gasteiger partial charge in [0.15, 0.2) is 0 Å². The van der Waals surface area contributed by atoms with Crippen molar-refractivity contribution in [3.8, 4) is 0 Å². The first-order valence-electron chi connectivity index (χ1n) is 6.47. The Kier molecular flexibility index (Phi) is 4.13. The number of aliphatic hydroxyl groups excluding tert-OH is 1. The third kappa shape index (κ3) is 3.08. The minimum atomic E-state index is -3.69. The van der Waals surface area contributed by atoms with Crippen molar-refractivity contribution in [2.75, 3.05) is 5.73 Å². The molecule has 0 aromatic heterocycles. The highest BCUT2D eigenvalue weighted by molar-refractivity contribution is 7.89. The summed E-state index contributed by atoms with van der Waals surface area (Å²) in [7, 11) is -3.69. The Morgan fingerprint density at radius 1 is 1.32 bits per heavy atom. The summed E-state index contributed by atoms with van der Waals surface area (Å²) in [6, 6.07) is 4.58. The van der Waals surface area contributed by atoms with E-state index < -0.39 is 22.2 Å². The largest absolute Gasteiger partial charge is 0.398 e. The van der Waals surface area contributed by atoms with Gasteiger partial charge < -0.3 is 10.8 Å². The van der Waals surface area contributed by atoms with Crippen molar-refractivity contribution >= 4 is 15.7 Å². The van der Waals surface area contributed by atoms with Crippen LogP contribution in [0, 0.1) is 6.92 Å². The van der Waals surface area contributed by atoms with Gasteiger partial charge in [0.1, 0.15) is 4.90 Å².